The number of hydrogen-bond donors (Lipinski definition) is 0. The first-order valence-corrected chi connectivity index (χ1v) is 5.75. The first-order valence-electron chi connectivity index (χ1n) is 5.75. The predicted octanol–water partition coefficient (Wildman–Crippen LogP) is 3.85. The second kappa shape index (κ2) is 6.23. The highest BCUT2D eigenvalue weighted by molar-refractivity contribution is 4.91. The lowest BCUT2D eigenvalue weighted by Gasteiger charge is -2.31. The standard InChI is InChI=1S/C13H27N/c1-7-12(2)10-8-9-11-14(6)13(3,4)5/h2,7-11H2,1,3-6H3. The maximum absolute atomic E-state index is 4.02. The van der Waals surface area contributed by atoms with Gasteiger partial charge in [0.05, 0.1) is 0 Å². The smallest absolute Gasteiger partial charge is 0.0122 e. The van der Waals surface area contributed by atoms with Crippen molar-refractivity contribution in [3.63, 3.8) is 0 Å². The number of unbranched alkanes of at least 4 members (excludes halogenated alkanes) is 1. The molecule has 0 aliphatic rings. The monoisotopic (exact) mass is 197 g/mol. The van der Waals surface area contributed by atoms with E-state index in [1.54, 1.807) is 0 Å². The highest BCUT2D eigenvalue weighted by Gasteiger charge is 2.15. The lowest BCUT2D eigenvalue weighted by atomic mass is 10.0. The summed E-state index contributed by atoms with van der Waals surface area (Å²) in [6.07, 6.45) is 4.91. The minimum atomic E-state index is 0.307. The van der Waals surface area contributed by atoms with Crippen LogP contribution in [0.2, 0.25) is 0 Å². The number of rotatable bonds is 6. The average Bonchev–Trinajstić information content (AvgIpc) is 2.09. The molecule has 0 heterocycles. The van der Waals surface area contributed by atoms with Crippen molar-refractivity contribution in [2.45, 2.75) is 58.9 Å². The summed E-state index contributed by atoms with van der Waals surface area (Å²) in [7, 11) is 2.20. The summed E-state index contributed by atoms with van der Waals surface area (Å²) in [5.41, 5.74) is 1.70. The Hall–Kier alpha value is -0.300. The zero-order valence-electron chi connectivity index (χ0n) is 10.7. The van der Waals surface area contributed by atoms with Crippen LogP contribution in [0.3, 0.4) is 0 Å². The third-order valence-corrected chi connectivity index (χ3v) is 2.92. The topological polar surface area (TPSA) is 3.24 Å². The van der Waals surface area contributed by atoms with E-state index in [9.17, 15) is 0 Å². The van der Waals surface area contributed by atoms with E-state index in [4.69, 9.17) is 0 Å². The van der Waals surface area contributed by atoms with Gasteiger partial charge in [-0.1, -0.05) is 19.1 Å². The van der Waals surface area contributed by atoms with Crippen LogP contribution in [0.25, 0.3) is 0 Å². The molecule has 0 fully saturated rings. The Balaban J connectivity index is 3.50. The van der Waals surface area contributed by atoms with Crippen molar-refractivity contribution in [3.05, 3.63) is 12.2 Å². The lowest BCUT2D eigenvalue weighted by molar-refractivity contribution is 0.173. The van der Waals surface area contributed by atoms with Crippen LogP contribution in [0.15, 0.2) is 12.2 Å². The van der Waals surface area contributed by atoms with Crippen molar-refractivity contribution in [2.24, 2.45) is 0 Å². The molecule has 0 spiro atoms. The lowest BCUT2D eigenvalue weighted by Crippen LogP contribution is -2.38. The van der Waals surface area contributed by atoms with Crippen molar-refractivity contribution in [1.82, 2.24) is 4.90 Å². The fourth-order valence-electron chi connectivity index (χ4n) is 1.24. The first-order chi connectivity index (χ1) is 6.38. The molecule has 0 rings (SSSR count). The zero-order valence-corrected chi connectivity index (χ0v) is 10.7. The van der Waals surface area contributed by atoms with E-state index in [2.05, 4.69) is 46.2 Å². The van der Waals surface area contributed by atoms with Crippen molar-refractivity contribution in [3.8, 4) is 0 Å². The van der Waals surface area contributed by atoms with Crippen LogP contribution in [0.5, 0.6) is 0 Å². The number of nitrogens with zero attached hydrogens (tertiary/aromatic N) is 1. The largest absolute Gasteiger partial charge is 0.302 e. The molecule has 0 unspecified atom stereocenters. The molecule has 0 aliphatic carbocycles. The van der Waals surface area contributed by atoms with Crippen LogP contribution in [0, 0.1) is 0 Å². The molecule has 0 saturated carbocycles. The highest BCUT2D eigenvalue weighted by atomic mass is 15.1. The van der Waals surface area contributed by atoms with Gasteiger partial charge >= 0.3 is 0 Å². The van der Waals surface area contributed by atoms with Gasteiger partial charge in [0.2, 0.25) is 0 Å². The van der Waals surface area contributed by atoms with Gasteiger partial charge in [0.25, 0.3) is 0 Å². The number of hydrogen-bond acceptors (Lipinski definition) is 1. The fraction of sp³-hybridized carbons (Fsp3) is 0.846. The molecule has 1 nitrogen and oxygen atoms in total. The van der Waals surface area contributed by atoms with Crippen molar-refractivity contribution >= 4 is 0 Å². The summed E-state index contributed by atoms with van der Waals surface area (Å²) in [5.74, 6) is 0. The van der Waals surface area contributed by atoms with Gasteiger partial charge < -0.3 is 4.90 Å². The Kier molecular flexibility index (Phi) is 6.10. The van der Waals surface area contributed by atoms with Crippen LogP contribution < -0.4 is 0 Å². The average molecular weight is 197 g/mol. The van der Waals surface area contributed by atoms with E-state index in [-0.39, 0.29) is 0 Å². The maximum atomic E-state index is 4.02. The van der Waals surface area contributed by atoms with Gasteiger partial charge in [-0.3, -0.25) is 0 Å². The summed E-state index contributed by atoms with van der Waals surface area (Å²) >= 11 is 0. The molecule has 0 aromatic rings. The van der Waals surface area contributed by atoms with E-state index in [0.717, 1.165) is 6.42 Å². The summed E-state index contributed by atoms with van der Waals surface area (Å²) in [4.78, 5) is 2.42. The van der Waals surface area contributed by atoms with Gasteiger partial charge in [0.1, 0.15) is 0 Å². The molecule has 0 bridgehead atoms. The van der Waals surface area contributed by atoms with Gasteiger partial charge in [0.15, 0.2) is 0 Å². The summed E-state index contributed by atoms with van der Waals surface area (Å²) in [6, 6.07) is 0. The summed E-state index contributed by atoms with van der Waals surface area (Å²) < 4.78 is 0. The molecule has 0 aromatic carbocycles. The number of allylic oxidation sites excluding steroid dienone is 1. The second-order valence-corrected chi connectivity index (χ2v) is 5.15. The molecule has 0 amide bonds. The molecule has 14 heavy (non-hydrogen) atoms. The van der Waals surface area contributed by atoms with Gasteiger partial charge in [-0.15, -0.1) is 0 Å². The summed E-state index contributed by atoms with van der Waals surface area (Å²) in [6.45, 7) is 14.2. The molecule has 84 valence electrons. The maximum Gasteiger partial charge on any atom is 0.0122 e. The molecule has 0 N–H and O–H groups in total. The zero-order chi connectivity index (χ0) is 11.2. The van der Waals surface area contributed by atoms with Gasteiger partial charge in [-0.05, 0) is 60.0 Å². The fourth-order valence-corrected chi connectivity index (χ4v) is 1.24. The van der Waals surface area contributed by atoms with Crippen LogP contribution in [0.4, 0.5) is 0 Å². The van der Waals surface area contributed by atoms with E-state index >= 15 is 0 Å². The quantitative estimate of drug-likeness (QED) is 0.462. The molecular formula is C13H27N. The van der Waals surface area contributed by atoms with Crippen LogP contribution in [-0.4, -0.2) is 24.0 Å². The van der Waals surface area contributed by atoms with Crippen LogP contribution in [0.1, 0.15) is 53.4 Å². The van der Waals surface area contributed by atoms with Crippen LogP contribution >= 0.6 is 0 Å². The second-order valence-electron chi connectivity index (χ2n) is 5.15. The molecule has 0 aromatic heterocycles. The SMILES string of the molecule is C=C(CC)CCCCN(C)C(C)(C)C. The van der Waals surface area contributed by atoms with E-state index < -0.39 is 0 Å². The Morgan fingerprint density at radius 2 is 1.79 bits per heavy atom. The van der Waals surface area contributed by atoms with Gasteiger partial charge in [0, 0.05) is 5.54 Å². The summed E-state index contributed by atoms with van der Waals surface area (Å²) in [5, 5.41) is 0. The molecule has 0 radical (unpaired) electrons. The normalized spacial score (nSPS) is 12.1. The van der Waals surface area contributed by atoms with E-state index in [1.165, 1.54) is 31.4 Å². The van der Waals surface area contributed by atoms with Crippen LogP contribution in [-0.2, 0) is 0 Å². The minimum Gasteiger partial charge on any atom is -0.302 e. The van der Waals surface area contributed by atoms with E-state index in [0.29, 0.717) is 5.54 Å². The predicted molar refractivity (Wildman–Crippen MR) is 65.7 cm³/mol. The molecule has 1 heteroatoms. The Labute approximate surface area is 90.2 Å². The van der Waals surface area contributed by atoms with Crippen molar-refractivity contribution in [1.29, 1.82) is 0 Å². The molecule has 0 atom stereocenters. The van der Waals surface area contributed by atoms with Gasteiger partial charge in [-0.2, -0.15) is 0 Å². The van der Waals surface area contributed by atoms with E-state index in [1.807, 2.05) is 0 Å². The highest BCUT2D eigenvalue weighted by Crippen LogP contribution is 2.13. The third-order valence-electron chi connectivity index (χ3n) is 2.92. The molecular weight excluding hydrogens is 170 g/mol. The van der Waals surface area contributed by atoms with Crippen molar-refractivity contribution < 1.29 is 0 Å². The Morgan fingerprint density at radius 3 is 2.21 bits per heavy atom. The first kappa shape index (κ1) is 13.7. The van der Waals surface area contributed by atoms with Crippen molar-refractivity contribution in [2.75, 3.05) is 13.6 Å². The third kappa shape index (κ3) is 6.20. The molecule has 0 saturated heterocycles. The Bertz CT molecular complexity index is 165. The molecule has 0 aliphatic heterocycles. The minimum absolute atomic E-state index is 0.307. The Morgan fingerprint density at radius 1 is 1.21 bits per heavy atom. The van der Waals surface area contributed by atoms with Gasteiger partial charge in [-0.25, -0.2) is 0 Å².